The zero-order valence-corrected chi connectivity index (χ0v) is 15.7. The van der Waals surface area contributed by atoms with Gasteiger partial charge in [0.1, 0.15) is 6.04 Å². The predicted molar refractivity (Wildman–Crippen MR) is 106 cm³/mol. The van der Waals surface area contributed by atoms with Crippen LogP contribution in [0.4, 0.5) is 5.69 Å². The number of carbonyl (C=O) groups excluding carboxylic acids is 1. The largest absolute Gasteiger partial charge is 0.388 e. The number of hydrogen-bond donors (Lipinski definition) is 2. The van der Waals surface area contributed by atoms with Crippen LogP contribution < -0.4 is 10.6 Å². The van der Waals surface area contributed by atoms with Crippen LogP contribution in [0.2, 0.25) is 0 Å². The zero-order chi connectivity index (χ0) is 15.8. The molecule has 2 atom stereocenters. The zero-order valence-electron chi connectivity index (χ0n) is 14.1. The van der Waals surface area contributed by atoms with E-state index in [2.05, 4.69) is 64.1 Å². The van der Waals surface area contributed by atoms with Gasteiger partial charge >= 0.3 is 0 Å². The molecule has 1 fully saturated rings. The van der Waals surface area contributed by atoms with E-state index in [4.69, 9.17) is 0 Å². The number of nitrogens with zero attached hydrogens (tertiary/aromatic N) is 1. The van der Waals surface area contributed by atoms with E-state index in [1.165, 1.54) is 11.1 Å². The Balaban J connectivity index is 0.00000113. The van der Waals surface area contributed by atoms with Crippen molar-refractivity contribution < 1.29 is 4.79 Å². The molecule has 0 unspecified atom stereocenters. The summed E-state index contributed by atoms with van der Waals surface area (Å²) in [5.41, 5.74) is 4.76. The highest BCUT2D eigenvalue weighted by Gasteiger charge is 2.40. The summed E-state index contributed by atoms with van der Waals surface area (Å²) < 4.78 is 0. The van der Waals surface area contributed by atoms with Gasteiger partial charge in [-0.1, -0.05) is 42.5 Å². The minimum Gasteiger partial charge on any atom is -0.388 e. The lowest BCUT2D eigenvalue weighted by atomic mass is 9.79. The molecule has 2 heterocycles. The number of amides is 1. The first-order valence-electron chi connectivity index (χ1n) is 8.17. The van der Waals surface area contributed by atoms with Gasteiger partial charge in [-0.05, 0) is 17.2 Å². The number of fused-ring (bicyclic) bond motifs is 3. The molecule has 1 amide bonds. The fraction of sp³-hybridized carbons (Fsp3) is 0.316. The van der Waals surface area contributed by atoms with E-state index in [0.717, 1.165) is 30.9 Å². The number of hydrogen-bond acceptors (Lipinski definition) is 3. The van der Waals surface area contributed by atoms with Gasteiger partial charge in [-0.15, -0.1) is 24.8 Å². The van der Waals surface area contributed by atoms with Gasteiger partial charge in [0, 0.05) is 43.9 Å². The number of nitrogens with one attached hydrogen (secondary N) is 2. The van der Waals surface area contributed by atoms with Crippen molar-refractivity contribution in [3.63, 3.8) is 0 Å². The third-order valence-electron chi connectivity index (χ3n) is 4.99. The highest BCUT2D eigenvalue weighted by Crippen LogP contribution is 2.43. The Kier molecular flexibility index (Phi) is 6.33. The molecule has 4 rings (SSSR count). The summed E-state index contributed by atoms with van der Waals surface area (Å²) in [5.74, 6) is 0.424. The molecule has 0 aliphatic carbocycles. The standard InChI is InChI=1S/C19H21N3O.2ClH/c1-20-16-9-5-8-14-15(13-6-3-2-4-7-13)12-22-11-10-21-19(23)18(22)17(14)16;;/h2-9,15,18,20H,10-12H2,1H3,(H,21,23);2*1H/t15-,18-;;/m0../s1. The SMILES string of the molecule is CNc1cccc2c1[C@H]1C(=O)NCCN1C[C@H]2c1ccccc1.Cl.Cl. The van der Waals surface area contributed by atoms with Crippen LogP contribution in [0.1, 0.15) is 28.7 Å². The van der Waals surface area contributed by atoms with Gasteiger partial charge in [-0.25, -0.2) is 0 Å². The summed E-state index contributed by atoms with van der Waals surface area (Å²) >= 11 is 0. The number of rotatable bonds is 2. The Labute approximate surface area is 160 Å². The molecule has 134 valence electrons. The molecule has 2 aliphatic heterocycles. The second-order valence-corrected chi connectivity index (χ2v) is 6.21. The minimum atomic E-state index is -0.178. The van der Waals surface area contributed by atoms with Crippen molar-refractivity contribution in [1.82, 2.24) is 10.2 Å². The number of benzene rings is 2. The van der Waals surface area contributed by atoms with E-state index < -0.39 is 0 Å². The maximum atomic E-state index is 12.5. The summed E-state index contributed by atoms with van der Waals surface area (Å²) in [5, 5.41) is 6.29. The maximum Gasteiger partial charge on any atom is 0.242 e. The lowest BCUT2D eigenvalue weighted by molar-refractivity contribution is -0.129. The average Bonchev–Trinajstić information content (AvgIpc) is 2.61. The summed E-state index contributed by atoms with van der Waals surface area (Å²) in [6, 6.07) is 16.7. The molecule has 0 saturated carbocycles. The smallest absolute Gasteiger partial charge is 0.242 e. The Morgan fingerprint density at radius 1 is 1.08 bits per heavy atom. The molecule has 25 heavy (non-hydrogen) atoms. The van der Waals surface area contributed by atoms with E-state index in [0.29, 0.717) is 5.92 Å². The molecule has 2 aromatic rings. The summed E-state index contributed by atoms with van der Waals surface area (Å²) in [6.45, 7) is 2.52. The van der Waals surface area contributed by atoms with Crippen molar-refractivity contribution in [1.29, 1.82) is 0 Å². The van der Waals surface area contributed by atoms with Crippen LogP contribution in [0.15, 0.2) is 48.5 Å². The van der Waals surface area contributed by atoms with Crippen molar-refractivity contribution in [2.75, 3.05) is 32.0 Å². The van der Waals surface area contributed by atoms with Crippen LogP contribution in [0, 0.1) is 0 Å². The molecule has 2 aromatic carbocycles. The summed E-state index contributed by atoms with van der Waals surface area (Å²) in [7, 11) is 1.92. The first-order chi connectivity index (χ1) is 11.3. The van der Waals surface area contributed by atoms with E-state index >= 15 is 0 Å². The first kappa shape index (κ1) is 19.6. The fourth-order valence-electron chi connectivity index (χ4n) is 3.94. The van der Waals surface area contributed by atoms with E-state index in [9.17, 15) is 4.79 Å². The highest BCUT2D eigenvalue weighted by atomic mass is 35.5. The van der Waals surface area contributed by atoms with Crippen molar-refractivity contribution in [3.05, 3.63) is 65.2 Å². The lowest BCUT2D eigenvalue weighted by Gasteiger charge is -2.44. The molecule has 0 bridgehead atoms. The Morgan fingerprint density at radius 3 is 2.56 bits per heavy atom. The molecule has 0 aromatic heterocycles. The van der Waals surface area contributed by atoms with Crippen LogP contribution >= 0.6 is 24.8 Å². The summed E-state index contributed by atoms with van der Waals surface area (Å²) in [4.78, 5) is 14.8. The first-order valence-corrected chi connectivity index (χ1v) is 8.17. The van der Waals surface area contributed by atoms with Gasteiger partial charge in [-0.2, -0.15) is 0 Å². The molecule has 0 spiro atoms. The van der Waals surface area contributed by atoms with Crippen molar-refractivity contribution in [3.8, 4) is 0 Å². The quantitative estimate of drug-likeness (QED) is 0.841. The molecular weight excluding hydrogens is 357 g/mol. The van der Waals surface area contributed by atoms with Crippen LogP contribution in [0.5, 0.6) is 0 Å². The Hall–Kier alpha value is -1.75. The average molecular weight is 380 g/mol. The van der Waals surface area contributed by atoms with E-state index in [1.54, 1.807) is 0 Å². The number of halogens is 2. The molecular formula is C19H23Cl2N3O. The molecule has 0 radical (unpaired) electrons. The van der Waals surface area contributed by atoms with Gasteiger partial charge in [0.2, 0.25) is 5.91 Å². The normalized spacial score (nSPS) is 21.7. The van der Waals surface area contributed by atoms with Crippen LogP contribution in [0.25, 0.3) is 0 Å². The predicted octanol–water partition coefficient (Wildman–Crippen LogP) is 3.19. The van der Waals surface area contributed by atoms with Crippen molar-refractivity contribution in [2.24, 2.45) is 0 Å². The van der Waals surface area contributed by atoms with E-state index in [1.807, 2.05) is 7.05 Å². The number of piperazine rings is 1. The lowest BCUT2D eigenvalue weighted by Crippen LogP contribution is -2.53. The van der Waals surface area contributed by atoms with Gasteiger partial charge in [0.15, 0.2) is 0 Å². The van der Waals surface area contributed by atoms with Gasteiger partial charge < -0.3 is 10.6 Å². The van der Waals surface area contributed by atoms with Crippen molar-refractivity contribution >= 4 is 36.4 Å². The topological polar surface area (TPSA) is 44.4 Å². The van der Waals surface area contributed by atoms with Gasteiger partial charge in [0.25, 0.3) is 0 Å². The van der Waals surface area contributed by atoms with Crippen LogP contribution in [0.3, 0.4) is 0 Å². The second kappa shape index (κ2) is 8.09. The van der Waals surface area contributed by atoms with Crippen LogP contribution in [-0.2, 0) is 4.79 Å². The minimum absolute atomic E-state index is 0. The molecule has 4 nitrogen and oxygen atoms in total. The van der Waals surface area contributed by atoms with Crippen LogP contribution in [-0.4, -0.2) is 37.5 Å². The Bertz CT molecular complexity index is 739. The fourth-order valence-corrected chi connectivity index (χ4v) is 3.94. The maximum absolute atomic E-state index is 12.5. The Morgan fingerprint density at radius 2 is 1.84 bits per heavy atom. The van der Waals surface area contributed by atoms with Gasteiger partial charge in [0.05, 0.1) is 0 Å². The second-order valence-electron chi connectivity index (χ2n) is 6.21. The molecule has 2 N–H and O–H groups in total. The third kappa shape index (κ3) is 3.34. The van der Waals surface area contributed by atoms with E-state index in [-0.39, 0.29) is 36.8 Å². The highest BCUT2D eigenvalue weighted by molar-refractivity contribution is 5.87. The number of carbonyl (C=O) groups is 1. The third-order valence-corrected chi connectivity index (χ3v) is 4.99. The molecule has 6 heteroatoms. The van der Waals surface area contributed by atoms with Crippen molar-refractivity contribution in [2.45, 2.75) is 12.0 Å². The van der Waals surface area contributed by atoms with Gasteiger partial charge in [-0.3, -0.25) is 9.69 Å². The molecule has 1 saturated heterocycles. The molecule has 2 aliphatic rings. The monoisotopic (exact) mass is 379 g/mol. The summed E-state index contributed by atoms with van der Waals surface area (Å²) in [6.07, 6.45) is 0. The number of anilines is 1.